The van der Waals surface area contributed by atoms with E-state index in [0.29, 0.717) is 11.6 Å². The van der Waals surface area contributed by atoms with E-state index in [4.69, 9.17) is 11.6 Å². The van der Waals surface area contributed by atoms with Gasteiger partial charge in [0.15, 0.2) is 0 Å². The van der Waals surface area contributed by atoms with Gasteiger partial charge in [-0.2, -0.15) is 0 Å². The summed E-state index contributed by atoms with van der Waals surface area (Å²) in [6, 6.07) is 3.86. The molecule has 0 saturated heterocycles. The van der Waals surface area contributed by atoms with Gasteiger partial charge in [-0.15, -0.1) is 0 Å². The van der Waals surface area contributed by atoms with E-state index in [1.165, 1.54) is 5.70 Å². The van der Waals surface area contributed by atoms with Crippen LogP contribution in [0.15, 0.2) is 46.6 Å². The molecule has 0 amide bonds. The van der Waals surface area contributed by atoms with Gasteiger partial charge in [0.25, 0.3) is 0 Å². The van der Waals surface area contributed by atoms with E-state index < -0.39 is 0 Å². The van der Waals surface area contributed by atoms with Crippen LogP contribution in [0.2, 0.25) is 5.02 Å². The van der Waals surface area contributed by atoms with Crippen molar-refractivity contribution in [2.75, 3.05) is 33.2 Å². The predicted octanol–water partition coefficient (Wildman–Crippen LogP) is 2.97. The Labute approximate surface area is 173 Å². The number of nitrogens with zero attached hydrogens (tertiary/aromatic N) is 3. The Morgan fingerprint density at radius 2 is 2.00 bits per heavy atom. The van der Waals surface area contributed by atoms with Gasteiger partial charge in [0.1, 0.15) is 0 Å². The molecule has 3 rings (SSSR count). The van der Waals surface area contributed by atoms with Crippen LogP contribution in [0.5, 0.6) is 0 Å². The van der Waals surface area contributed by atoms with Crippen molar-refractivity contribution in [3.8, 4) is 0 Å². The van der Waals surface area contributed by atoms with Crippen LogP contribution < -0.4 is 16.0 Å². The molecule has 1 aliphatic heterocycles. The molecule has 2 aromatic rings. The minimum absolute atomic E-state index is 0.603. The molecule has 0 atom stereocenters. The minimum Gasteiger partial charge on any atom is -0.384 e. The Hall–Kier alpha value is -1.83. The van der Waals surface area contributed by atoms with Gasteiger partial charge in [0, 0.05) is 60.8 Å². The first-order valence-corrected chi connectivity index (χ1v) is 10.2. The zero-order valence-corrected chi connectivity index (χ0v) is 17.9. The zero-order chi connectivity index (χ0) is 19.2. The smallest absolute Gasteiger partial charge is 0.0901 e. The summed E-state index contributed by atoms with van der Waals surface area (Å²) in [5.41, 5.74) is 4.86. The normalized spacial score (nSPS) is 14.1. The highest BCUT2D eigenvalue weighted by molar-refractivity contribution is 9.11. The number of likely N-dealkylation sites (N-methyl/N-ethyl adjacent to an activating group) is 2. The van der Waals surface area contributed by atoms with Crippen LogP contribution in [0.1, 0.15) is 12.5 Å². The molecule has 0 radical (unpaired) electrons. The molecule has 1 aromatic heterocycles. The number of nitrogens with one attached hydrogen (secondary N) is 3. The van der Waals surface area contributed by atoms with Crippen LogP contribution in [0.25, 0.3) is 11.0 Å². The summed E-state index contributed by atoms with van der Waals surface area (Å²) < 4.78 is 1.14. The average molecular weight is 452 g/mol. The molecule has 1 aromatic carbocycles. The Morgan fingerprint density at radius 3 is 2.70 bits per heavy atom. The number of dihydropyridines is 1. The lowest BCUT2D eigenvalue weighted by atomic mass is 10.1. The van der Waals surface area contributed by atoms with E-state index >= 15 is 0 Å². The molecule has 0 spiro atoms. The van der Waals surface area contributed by atoms with Crippen LogP contribution in [-0.2, 0) is 6.54 Å². The maximum Gasteiger partial charge on any atom is 0.0901 e. The third kappa shape index (κ3) is 4.72. The number of hydrogen-bond acceptors (Lipinski definition) is 6. The summed E-state index contributed by atoms with van der Waals surface area (Å²) >= 11 is 10.2. The van der Waals surface area contributed by atoms with Crippen molar-refractivity contribution in [3.63, 3.8) is 0 Å². The summed E-state index contributed by atoms with van der Waals surface area (Å²) in [6.45, 7) is 6.34. The van der Waals surface area contributed by atoms with Gasteiger partial charge in [0.05, 0.1) is 22.4 Å². The molecule has 8 heteroatoms. The number of fused-ring (bicyclic) bond motifs is 1. The molecular weight excluding hydrogens is 428 g/mol. The molecule has 6 nitrogen and oxygen atoms in total. The lowest BCUT2D eigenvalue weighted by molar-refractivity contribution is 0.359. The molecule has 0 unspecified atom stereocenters. The Morgan fingerprint density at radius 1 is 1.26 bits per heavy atom. The summed E-state index contributed by atoms with van der Waals surface area (Å²) in [7, 11) is 1.97. The van der Waals surface area contributed by atoms with Gasteiger partial charge in [-0.3, -0.25) is 9.97 Å². The van der Waals surface area contributed by atoms with Crippen LogP contribution in [-0.4, -0.2) is 48.1 Å². The Balaban J connectivity index is 1.79. The van der Waals surface area contributed by atoms with E-state index in [2.05, 4.69) is 53.7 Å². The van der Waals surface area contributed by atoms with Crippen molar-refractivity contribution in [2.24, 2.45) is 0 Å². The maximum atomic E-state index is 6.46. The number of halogens is 2. The molecule has 0 aliphatic carbocycles. The second kappa shape index (κ2) is 9.39. The van der Waals surface area contributed by atoms with Gasteiger partial charge in [-0.05, 0) is 31.7 Å². The Bertz CT molecular complexity index is 866. The molecule has 3 N–H and O–H groups in total. The molecule has 0 saturated carbocycles. The molecule has 2 heterocycles. The van der Waals surface area contributed by atoms with Gasteiger partial charge in [-0.25, -0.2) is 0 Å². The van der Waals surface area contributed by atoms with E-state index in [1.807, 2.05) is 25.4 Å². The van der Waals surface area contributed by atoms with Gasteiger partial charge in [0.2, 0.25) is 0 Å². The van der Waals surface area contributed by atoms with E-state index in [1.54, 1.807) is 12.4 Å². The number of hydrogen-bond donors (Lipinski definition) is 3. The third-order valence-corrected chi connectivity index (χ3v) is 5.46. The predicted molar refractivity (Wildman–Crippen MR) is 115 cm³/mol. The fourth-order valence-corrected chi connectivity index (χ4v) is 3.90. The maximum absolute atomic E-state index is 6.46. The van der Waals surface area contributed by atoms with E-state index in [0.717, 1.165) is 53.0 Å². The standard InChI is InChI=1S/C19H24BrClN6/c1-3-27(7-6-22-2)19-14(20)11-23-12-18(19)26-10-13-8-16-17(9-15(13)21)25-5-4-24-16/h4-5,8-9,12,22-23,26H,3,6-7,10-11H2,1-2H3. The summed E-state index contributed by atoms with van der Waals surface area (Å²) in [4.78, 5) is 11.0. The first-order valence-electron chi connectivity index (χ1n) is 8.99. The molecule has 1 aliphatic rings. The number of rotatable bonds is 8. The van der Waals surface area contributed by atoms with Crippen molar-refractivity contribution in [1.82, 2.24) is 30.8 Å². The van der Waals surface area contributed by atoms with Crippen molar-refractivity contribution in [1.29, 1.82) is 0 Å². The monoisotopic (exact) mass is 450 g/mol. The fraction of sp³-hybridized carbons (Fsp3) is 0.368. The number of aromatic nitrogens is 2. The lowest BCUT2D eigenvalue weighted by Gasteiger charge is -2.32. The van der Waals surface area contributed by atoms with Crippen LogP contribution in [0.4, 0.5) is 0 Å². The zero-order valence-electron chi connectivity index (χ0n) is 15.5. The second-order valence-corrected chi connectivity index (χ2v) is 7.58. The minimum atomic E-state index is 0.603. The average Bonchev–Trinajstić information content (AvgIpc) is 2.68. The van der Waals surface area contributed by atoms with Crippen molar-refractivity contribution in [2.45, 2.75) is 13.5 Å². The highest BCUT2D eigenvalue weighted by atomic mass is 79.9. The summed E-state index contributed by atoms with van der Waals surface area (Å²) in [5.74, 6) is 0. The summed E-state index contributed by atoms with van der Waals surface area (Å²) in [5, 5.41) is 10.7. The highest BCUT2D eigenvalue weighted by Gasteiger charge is 2.20. The molecule has 27 heavy (non-hydrogen) atoms. The first kappa shape index (κ1) is 19.9. The third-order valence-electron chi connectivity index (χ3n) is 4.45. The SMILES string of the molecule is CCN(CCNC)C1=C(Br)CNC=C1NCc1cc2nccnc2cc1Cl. The molecule has 0 fully saturated rings. The molecule has 0 bridgehead atoms. The Kier molecular flexibility index (Phi) is 6.93. The quantitative estimate of drug-likeness (QED) is 0.573. The van der Waals surface area contributed by atoms with Crippen molar-refractivity contribution in [3.05, 3.63) is 57.2 Å². The van der Waals surface area contributed by atoms with E-state index in [-0.39, 0.29) is 0 Å². The van der Waals surface area contributed by atoms with Gasteiger partial charge < -0.3 is 20.9 Å². The lowest BCUT2D eigenvalue weighted by Crippen LogP contribution is -2.37. The van der Waals surface area contributed by atoms with Crippen molar-refractivity contribution >= 4 is 38.6 Å². The van der Waals surface area contributed by atoms with Gasteiger partial charge in [-0.1, -0.05) is 27.5 Å². The van der Waals surface area contributed by atoms with Crippen LogP contribution in [0, 0.1) is 0 Å². The second-order valence-electron chi connectivity index (χ2n) is 6.22. The van der Waals surface area contributed by atoms with Crippen LogP contribution >= 0.6 is 27.5 Å². The molecule has 144 valence electrons. The number of benzene rings is 1. The van der Waals surface area contributed by atoms with E-state index in [9.17, 15) is 0 Å². The first-order chi connectivity index (χ1) is 13.1. The molecular formula is C19H24BrClN6. The largest absolute Gasteiger partial charge is 0.384 e. The summed E-state index contributed by atoms with van der Waals surface area (Å²) in [6.07, 6.45) is 5.39. The fourth-order valence-electron chi connectivity index (χ4n) is 3.05. The highest BCUT2D eigenvalue weighted by Crippen LogP contribution is 2.26. The topological polar surface area (TPSA) is 65.1 Å². The van der Waals surface area contributed by atoms with Gasteiger partial charge >= 0.3 is 0 Å². The van der Waals surface area contributed by atoms with Crippen molar-refractivity contribution < 1.29 is 0 Å². The van der Waals surface area contributed by atoms with Crippen LogP contribution in [0.3, 0.4) is 0 Å².